The van der Waals surface area contributed by atoms with Crippen LogP contribution in [0.15, 0.2) is 40.5 Å². The second-order valence-electron chi connectivity index (χ2n) is 7.53. The molecule has 2 aliphatic rings. The van der Waals surface area contributed by atoms with E-state index < -0.39 is 0 Å². The minimum atomic E-state index is 0.286. The highest BCUT2D eigenvalue weighted by Gasteiger charge is 2.38. The Morgan fingerprint density at radius 2 is 1.90 bits per heavy atom. The molecule has 0 radical (unpaired) electrons. The summed E-state index contributed by atoms with van der Waals surface area (Å²) < 4.78 is 5.63. The predicted molar refractivity (Wildman–Crippen MR) is 115 cm³/mol. The standard InChI is InChI=1S/C20H19Cl2N5OS/c21-17-14(3-7-23-18(17)22)29-16-2-1-13-19(26-16)24-11-15(25-13)27-8-4-20(5-9-27)6-10-28-12-20/h1-3,7,11H,4-6,8-10,12H2. The number of fused-ring (bicyclic) bond motifs is 1. The Bertz CT molecular complexity index is 1050. The van der Waals surface area contributed by atoms with Gasteiger partial charge in [0.05, 0.1) is 17.8 Å². The smallest absolute Gasteiger partial charge is 0.179 e. The normalized spacial score (nSPS) is 18.6. The molecular weight excluding hydrogens is 429 g/mol. The first-order valence-electron chi connectivity index (χ1n) is 9.56. The Kier molecular flexibility index (Phi) is 5.24. The van der Waals surface area contributed by atoms with E-state index in [0.29, 0.717) is 16.1 Å². The fourth-order valence-corrected chi connectivity index (χ4v) is 5.18. The van der Waals surface area contributed by atoms with Crippen LogP contribution < -0.4 is 4.90 Å². The number of ether oxygens (including phenoxy) is 1. The number of aromatic nitrogens is 4. The summed E-state index contributed by atoms with van der Waals surface area (Å²) in [5.41, 5.74) is 1.79. The molecule has 2 saturated heterocycles. The average molecular weight is 448 g/mol. The van der Waals surface area contributed by atoms with Crippen LogP contribution in [0.4, 0.5) is 5.82 Å². The van der Waals surface area contributed by atoms with Crippen molar-refractivity contribution in [3.05, 3.63) is 40.8 Å². The third kappa shape index (κ3) is 3.89. The molecule has 0 atom stereocenters. The molecule has 3 aromatic rings. The van der Waals surface area contributed by atoms with Gasteiger partial charge < -0.3 is 9.64 Å². The van der Waals surface area contributed by atoms with E-state index in [0.717, 1.165) is 60.4 Å². The first kappa shape index (κ1) is 19.3. The molecule has 0 bridgehead atoms. The van der Waals surface area contributed by atoms with E-state index in [1.807, 2.05) is 24.4 Å². The number of hydrogen-bond donors (Lipinski definition) is 0. The van der Waals surface area contributed by atoms with Gasteiger partial charge in [0.1, 0.15) is 21.5 Å². The van der Waals surface area contributed by atoms with Crippen LogP contribution in [0.3, 0.4) is 0 Å². The van der Waals surface area contributed by atoms with Crippen molar-refractivity contribution >= 4 is 51.9 Å². The predicted octanol–water partition coefficient (Wildman–Crippen LogP) is 4.88. The molecule has 1 spiro atoms. The van der Waals surface area contributed by atoms with Crippen LogP contribution in [-0.4, -0.2) is 46.2 Å². The number of halogens is 2. The first-order chi connectivity index (χ1) is 14.1. The maximum atomic E-state index is 6.23. The Morgan fingerprint density at radius 1 is 1.03 bits per heavy atom. The molecule has 5 heterocycles. The van der Waals surface area contributed by atoms with Gasteiger partial charge in [0.25, 0.3) is 0 Å². The van der Waals surface area contributed by atoms with E-state index in [1.165, 1.54) is 18.2 Å². The molecule has 0 N–H and O–H groups in total. The molecule has 0 unspecified atom stereocenters. The zero-order chi connectivity index (χ0) is 19.8. The third-order valence-electron chi connectivity index (χ3n) is 5.73. The number of hydrogen-bond acceptors (Lipinski definition) is 7. The van der Waals surface area contributed by atoms with E-state index in [2.05, 4.69) is 19.9 Å². The average Bonchev–Trinajstić information content (AvgIpc) is 3.19. The summed E-state index contributed by atoms with van der Waals surface area (Å²) in [5.74, 6) is 0.914. The SMILES string of the molecule is Clc1nccc(Sc2ccc3nc(N4CCC5(CCOC5)CC4)cnc3n2)c1Cl. The van der Waals surface area contributed by atoms with Crippen LogP contribution in [0.25, 0.3) is 11.2 Å². The molecule has 0 aliphatic carbocycles. The monoisotopic (exact) mass is 447 g/mol. The topological polar surface area (TPSA) is 64.0 Å². The van der Waals surface area contributed by atoms with Gasteiger partial charge in [0.2, 0.25) is 0 Å². The van der Waals surface area contributed by atoms with Gasteiger partial charge in [-0.2, -0.15) is 0 Å². The molecule has 2 fully saturated rings. The van der Waals surface area contributed by atoms with Crippen LogP contribution in [0, 0.1) is 5.41 Å². The summed E-state index contributed by atoms with van der Waals surface area (Å²) in [4.78, 5) is 21.1. The van der Waals surface area contributed by atoms with Gasteiger partial charge in [-0.25, -0.2) is 19.9 Å². The third-order valence-corrected chi connectivity index (χ3v) is 7.60. The van der Waals surface area contributed by atoms with Crippen molar-refractivity contribution < 1.29 is 4.74 Å². The summed E-state index contributed by atoms with van der Waals surface area (Å²) in [6.07, 6.45) is 6.93. The van der Waals surface area contributed by atoms with Crippen molar-refractivity contribution in [3.8, 4) is 0 Å². The lowest BCUT2D eigenvalue weighted by Gasteiger charge is -2.38. The van der Waals surface area contributed by atoms with E-state index >= 15 is 0 Å². The highest BCUT2D eigenvalue weighted by Crippen LogP contribution is 2.40. The highest BCUT2D eigenvalue weighted by molar-refractivity contribution is 7.99. The Morgan fingerprint density at radius 3 is 2.69 bits per heavy atom. The molecule has 9 heteroatoms. The van der Waals surface area contributed by atoms with Crippen molar-refractivity contribution in [2.24, 2.45) is 5.41 Å². The minimum absolute atomic E-state index is 0.286. The van der Waals surface area contributed by atoms with Crippen molar-refractivity contribution in [3.63, 3.8) is 0 Å². The second-order valence-corrected chi connectivity index (χ2v) is 9.32. The second kappa shape index (κ2) is 7.87. The van der Waals surface area contributed by atoms with E-state index in [-0.39, 0.29) is 5.15 Å². The molecule has 0 amide bonds. The number of anilines is 1. The largest absolute Gasteiger partial charge is 0.381 e. The molecule has 29 heavy (non-hydrogen) atoms. The highest BCUT2D eigenvalue weighted by atomic mass is 35.5. The molecule has 0 aromatic carbocycles. The van der Waals surface area contributed by atoms with Gasteiger partial charge in [-0.1, -0.05) is 35.0 Å². The molecule has 150 valence electrons. The molecule has 5 rings (SSSR count). The van der Waals surface area contributed by atoms with Crippen LogP contribution in [0.5, 0.6) is 0 Å². The zero-order valence-corrected chi connectivity index (χ0v) is 18.0. The lowest BCUT2D eigenvalue weighted by Crippen LogP contribution is -2.40. The van der Waals surface area contributed by atoms with Crippen molar-refractivity contribution in [2.45, 2.75) is 29.2 Å². The van der Waals surface area contributed by atoms with Crippen LogP contribution in [0.2, 0.25) is 10.2 Å². The number of piperidine rings is 1. The quantitative estimate of drug-likeness (QED) is 0.529. The van der Waals surface area contributed by atoms with Crippen LogP contribution >= 0.6 is 35.0 Å². The molecular formula is C20H19Cl2N5OS. The molecule has 6 nitrogen and oxygen atoms in total. The van der Waals surface area contributed by atoms with Gasteiger partial charge >= 0.3 is 0 Å². The lowest BCUT2D eigenvalue weighted by atomic mass is 9.78. The van der Waals surface area contributed by atoms with Gasteiger partial charge in [0.15, 0.2) is 5.65 Å². The van der Waals surface area contributed by atoms with E-state index in [9.17, 15) is 0 Å². The Hall–Kier alpha value is -1.67. The summed E-state index contributed by atoms with van der Waals surface area (Å²) in [6.45, 7) is 3.79. The summed E-state index contributed by atoms with van der Waals surface area (Å²) in [7, 11) is 0. The van der Waals surface area contributed by atoms with E-state index in [1.54, 1.807) is 6.20 Å². The molecule has 2 aliphatic heterocycles. The fraction of sp³-hybridized carbons (Fsp3) is 0.400. The molecule has 0 saturated carbocycles. The Balaban J connectivity index is 1.34. The van der Waals surface area contributed by atoms with Crippen molar-refractivity contribution in [1.29, 1.82) is 0 Å². The van der Waals surface area contributed by atoms with E-state index in [4.69, 9.17) is 32.9 Å². The van der Waals surface area contributed by atoms with Crippen molar-refractivity contribution in [2.75, 3.05) is 31.2 Å². The molecule has 3 aromatic heterocycles. The van der Waals surface area contributed by atoms with Crippen LogP contribution in [-0.2, 0) is 4.74 Å². The maximum absolute atomic E-state index is 6.23. The van der Waals surface area contributed by atoms with Gasteiger partial charge in [-0.05, 0) is 42.9 Å². The summed E-state index contributed by atoms with van der Waals surface area (Å²) in [5, 5.41) is 1.50. The fourth-order valence-electron chi connectivity index (χ4n) is 3.93. The number of pyridine rings is 2. The summed E-state index contributed by atoms with van der Waals surface area (Å²) >= 11 is 13.7. The number of rotatable bonds is 3. The van der Waals surface area contributed by atoms with Crippen LogP contribution in [0.1, 0.15) is 19.3 Å². The Labute approximate surface area is 183 Å². The lowest BCUT2D eigenvalue weighted by molar-refractivity contribution is 0.133. The first-order valence-corrected chi connectivity index (χ1v) is 11.1. The minimum Gasteiger partial charge on any atom is -0.381 e. The van der Waals surface area contributed by atoms with Gasteiger partial charge in [-0.3, -0.25) is 0 Å². The van der Waals surface area contributed by atoms with Crippen molar-refractivity contribution in [1.82, 2.24) is 19.9 Å². The maximum Gasteiger partial charge on any atom is 0.179 e. The van der Waals surface area contributed by atoms with Gasteiger partial charge in [-0.15, -0.1) is 0 Å². The number of nitrogens with zero attached hydrogens (tertiary/aromatic N) is 5. The zero-order valence-electron chi connectivity index (χ0n) is 15.6. The van der Waals surface area contributed by atoms with Gasteiger partial charge in [0, 0.05) is 30.8 Å². The summed E-state index contributed by atoms with van der Waals surface area (Å²) in [6, 6.07) is 5.70.